The highest BCUT2D eigenvalue weighted by Gasteiger charge is 2.32. The summed E-state index contributed by atoms with van der Waals surface area (Å²) in [6.07, 6.45) is 1.75. The number of epoxide rings is 1. The molecule has 0 aromatic carbocycles. The lowest BCUT2D eigenvalue weighted by molar-refractivity contribution is 0.350. The molecule has 0 spiro atoms. The van der Waals surface area contributed by atoms with Gasteiger partial charge >= 0.3 is 0 Å². The van der Waals surface area contributed by atoms with E-state index in [1.807, 2.05) is 0 Å². The lowest BCUT2D eigenvalue weighted by atomic mass is 10.2. The first kappa shape index (κ1) is 8.31. The van der Waals surface area contributed by atoms with E-state index in [9.17, 15) is 0 Å². The second-order valence-corrected chi connectivity index (χ2v) is 2.76. The summed E-state index contributed by atoms with van der Waals surface area (Å²) in [5.41, 5.74) is 0.910. The van der Waals surface area contributed by atoms with Crippen molar-refractivity contribution < 1.29 is 14.2 Å². The Morgan fingerprint density at radius 1 is 1.46 bits per heavy atom. The molecule has 0 aliphatic carbocycles. The Balaban J connectivity index is 2.44. The van der Waals surface area contributed by atoms with Crippen LogP contribution in [-0.4, -0.2) is 25.8 Å². The Hall–Kier alpha value is -1.29. The highest BCUT2D eigenvalue weighted by atomic mass is 16.6. The van der Waals surface area contributed by atoms with Gasteiger partial charge in [-0.15, -0.1) is 0 Å². The van der Waals surface area contributed by atoms with E-state index in [1.165, 1.54) is 0 Å². The molecule has 13 heavy (non-hydrogen) atoms. The molecule has 1 aliphatic heterocycles. The van der Waals surface area contributed by atoms with Gasteiger partial charge < -0.3 is 14.2 Å². The largest absolute Gasteiger partial charge is 0.496 e. The summed E-state index contributed by atoms with van der Waals surface area (Å²) >= 11 is 0. The summed E-state index contributed by atoms with van der Waals surface area (Å²) in [7, 11) is 3.22. The minimum atomic E-state index is 0.0959. The number of hydrogen-bond donors (Lipinski definition) is 0. The fourth-order valence-corrected chi connectivity index (χ4v) is 1.29. The van der Waals surface area contributed by atoms with Gasteiger partial charge in [0.05, 0.1) is 26.4 Å². The average Bonchev–Trinajstić information content (AvgIpc) is 3.00. The van der Waals surface area contributed by atoms with E-state index in [1.54, 1.807) is 26.5 Å². The van der Waals surface area contributed by atoms with Crippen molar-refractivity contribution in [1.29, 1.82) is 0 Å². The van der Waals surface area contributed by atoms with Crippen molar-refractivity contribution in [2.45, 2.75) is 6.10 Å². The molecule has 1 unspecified atom stereocenters. The van der Waals surface area contributed by atoms with Crippen LogP contribution in [0.5, 0.6) is 11.6 Å². The van der Waals surface area contributed by atoms with E-state index in [0.717, 1.165) is 17.9 Å². The van der Waals surface area contributed by atoms with E-state index in [2.05, 4.69) is 4.98 Å². The van der Waals surface area contributed by atoms with Crippen LogP contribution in [0.1, 0.15) is 11.7 Å². The molecule has 4 nitrogen and oxygen atoms in total. The van der Waals surface area contributed by atoms with E-state index in [0.29, 0.717) is 5.88 Å². The number of nitrogens with zero attached hydrogens (tertiary/aromatic N) is 1. The second-order valence-electron chi connectivity index (χ2n) is 2.76. The number of methoxy groups -OCH3 is 2. The third-order valence-electron chi connectivity index (χ3n) is 1.98. The van der Waals surface area contributed by atoms with Crippen LogP contribution in [-0.2, 0) is 4.74 Å². The molecule has 1 atom stereocenters. The van der Waals surface area contributed by atoms with Crippen molar-refractivity contribution in [2.24, 2.45) is 0 Å². The summed E-state index contributed by atoms with van der Waals surface area (Å²) in [6.45, 7) is 0.721. The topological polar surface area (TPSA) is 43.9 Å². The molecule has 1 saturated heterocycles. The predicted octanol–water partition coefficient (Wildman–Crippen LogP) is 1.17. The van der Waals surface area contributed by atoms with Crippen LogP contribution < -0.4 is 9.47 Å². The Morgan fingerprint density at radius 2 is 2.23 bits per heavy atom. The van der Waals surface area contributed by atoms with Crippen LogP contribution >= 0.6 is 0 Å². The molecule has 1 aromatic heterocycles. The number of ether oxygens (including phenoxy) is 3. The van der Waals surface area contributed by atoms with Gasteiger partial charge in [-0.2, -0.15) is 0 Å². The van der Waals surface area contributed by atoms with Gasteiger partial charge in [0.25, 0.3) is 0 Å². The molecule has 0 N–H and O–H groups in total. The Kier molecular flexibility index (Phi) is 2.06. The van der Waals surface area contributed by atoms with Gasteiger partial charge in [0.1, 0.15) is 11.9 Å². The maximum atomic E-state index is 5.19. The zero-order valence-corrected chi connectivity index (χ0v) is 7.61. The first-order valence-electron chi connectivity index (χ1n) is 4.05. The molecule has 1 aliphatic rings. The first-order chi connectivity index (χ1) is 6.36. The van der Waals surface area contributed by atoms with Crippen molar-refractivity contribution in [3.8, 4) is 11.6 Å². The maximum absolute atomic E-state index is 5.19. The van der Waals surface area contributed by atoms with Crippen molar-refractivity contribution in [3.63, 3.8) is 0 Å². The van der Waals surface area contributed by atoms with Gasteiger partial charge in [-0.05, 0) is 6.07 Å². The zero-order valence-electron chi connectivity index (χ0n) is 7.61. The third kappa shape index (κ3) is 1.45. The van der Waals surface area contributed by atoms with Crippen molar-refractivity contribution in [3.05, 3.63) is 17.8 Å². The fraction of sp³-hybridized carbons (Fsp3) is 0.444. The number of pyridine rings is 1. The van der Waals surface area contributed by atoms with Crippen LogP contribution in [0.4, 0.5) is 0 Å². The summed E-state index contributed by atoms with van der Waals surface area (Å²) in [5, 5.41) is 0. The van der Waals surface area contributed by atoms with E-state index in [-0.39, 0.29) is 6.10 Å². The van der Waals surface area contributed by atoms with Crippen LogP contribution in [0.25, 0.3) is 0 Å². The van der Waals surface area contributed by atoms with Crippen LogP contribution in [0, 0.1) is 0 Å². The molecule has 70 valence electrons. The van der Waals surface area contributed by atoms with Crippen molar-refractivity contribution >= 4 is 0 Å². The molecule has 0 saturated carbocycles. The van der Waals surface area contributed by atoms with Crippen LogP contribution in [0.15, 0.2) is 12.3 Å². The number of rotatable bonds is 3. The molecule has 2 heterocycles. The predicted molar refractivity (Wildman–Crippen MR) is 46.0 cm³/mol. The highest BCUT2D eigenvalue weighted by Crippen LogP contribution is 2.40. The van der Waals surface area contributed by atoms with Gasteiger partial charge in [-0.25, -0.2) is 4.98 Å². The lowest BCUT2D eigenvalue weighted by Gasteiger charge is -2.08. The molecule has 0 bridgehead atoms. The molecule has 2 rings (SSSR count). The summed E-state index contributed by atoms with van der Waals surface area (Å²) in [6, 6.07) is 1.81. The van der Waals surface area contributed by atoms with Gasteiger partial charge in [0.2, 0.25) is 5.88 Å². The quantitative estimate of drug-likeness (QED) is 0.656. The van der Waals surface area contributed by atoms with Crippen molar-refractivity contribution in [1.82, 2.24) is 4.98 Å². The van der Waals surface area contributed by atoms with Crippen LogP contribution in [0.2, 0.25) is 0 Å². The fourth-order valence-electron chi connectivity index (χ4n) is 1.29. The minimum Gasteiger partial charge on any atom is -0.496 e. The van der Waals surface area contributed by atoms with E-state index >= 15 is 0 Å². The minimum absolute atomic E-state index is 0.0959. The van der Waals surface area contributed by atoms with Gasteiger partial charge in [-0.1, -0.05) is 0 Å². The summed E-state index contributed by atoms with van der Waals surface area (Å²) in [5.74, 6) is 1.36. The van der Waals surface area contributed by atoms with E-state index < -0.39 is 0 Å². The van der Waals surface area contributed by atoms with E-state index in [4.69, 9.17) is 14.2 Å². The zero-order chi connectivity index (χ0) is 9.26. The highest BCUT2D eigenvalue weighted by molar-refractivity contribution is 5.43. The number of aromatic nitrogens is 1. The monoisotopic (exact) mass is 181 g/mol. The third-order valence-corrected chi connectivity index (χ3v) is 1.98. The molecule has 0 amide bonds. The molecular weight excluding hydrogens is 170 g/mol. The van der Waals surface area contributed by atoms with Crippen molar-refractivity contribution in [2.75, 3.05) is 20.8 Å². The van der Waals surface area contributed by atoms with Gasteiger partial charge in [-0.3, -0.25) is 0 Å². The Morgan fingerprint density at radius 3 is 2.77 bits per heavy atom. The Bertz CT molecular complexity index is 287. The summed E-state index contributed by atoms with van der Waals surface area (Å²) < 4.78 is 15.5. The van der Waals surface area contributed by atoms with Gasteiger partial charge in [0.15, 0.2) is 0 Å². The van der Waals surface area contributed by atoms with Crippen LogP contribution in [0.3, 0.4) is 0 Å². The molecule has 0 radical (unpaired) electrons. The normalized spacial score (nSPS) is 19.7. The summed E-state index contributed by atoms with van der Waals surface area (Å²) in [4.78, 5) is 4.08. The molecule has 1 aromatic rings. The first-order valence-corrected chi connectivity index (χ1v) is 4.05. The molecule has 4 heteroatoms. The maximum Gasteiger partial charge on any atom is 0.222 e. The SMILES string of the molecule is COc1ccnc(OC)c1C1CO1. The molecule has 1 fully saturated rings. The molecular formula is C9H11NO3. The Labute approximate surface area is 76.4 Å². The lowest BCUT2D eigenvalue weighted by Crippen LogP contribution is -1.97. The number of hydrogen-bond acceptors (Lipinski definition) is 4. The standard InChI is InChI=1S/C9H11NO3/c1-11-6-3-4-10-9(12-2)8(6)7-5-13-7/h3-4,7H,5H2,1-2H3. The second kappa shape index (κ2) is 3.22. The average molecular weight is 181 g/mol. The van der Waals surface area contributed by atoms with Gasteiger partial charge in [0, 0.05) is 6.20 Å². The smallest absolute Gasteiger partial charge is 0.222 e.